The lowest BCUT2D eigenvalue weighted by Gasteiger charge is -2.22. The second-order valence-corrected chi connectivity index (χ2v) is 8.94. The highest BCUT2D eigenvalue weighted by Gasteiger charge is 2.48. The number of Topliss-reactive ketones (excluding diaryl/α,β-unsaturated/α-hetero) is 1. The zero-order chi connectivity index (χ0) is 26.3. The summed E-state index contributed by atoms with van der Waals surface area (Å²) in [5.74, 6) is -1.56. The largest absolute Gasteiger partial charge is 0.507 e. The van der Waals surface area contributed by atoms with Crippen molar-refractivity contribution in [1.82, 2.24) is 9.97 Å². The number of hydrogen-bond acceptors (Lipinski definition) is 10. The number of aliphatic hydroxyl groups excluding tert-OH is 1. The van der Waals surface area contributed by atoms with Gasteiger partial charge in [0.1, 0.15) is 17.3 Å². The van der Waals surface area contributed by atoms with Crippen LogP contribution >= 0.6 is 11.3 Å². The molecule has 0 spiro atoms. The molecule has 1 fully saturated rings. The number of aromatic nitrogens is 2. The van der Waals surface area contributed by atoms with Gasteiger partial charge in [-0.2, -0.15) is 0 Å². The number of amides is 1. The fourth-order valence-electron chi connectivity index (χ4n) is 4.14. The highest BCUT2D eigenvalue weighted by Crippen LogP contribution is 2.45. The fraction of sp³-hybridized carbons (Fsp3) is 0.120. The number of nitro benzene ring substituents is 1. The van der Waals surface area contributed by atoms with Crippen molar-refractivity contribution in [2.45, 2.75) is 6.04 Å². The van der Waals surface area contributed by atoms with Gasteiger partial charge in [-0.05, 0) is 29.8 Å². The molecule has 2 aromatic heterocycles. The third kappa shape index (κ3) is 4.02. The van der Waals surface area contributed by atoms with Gasteiger partial charge in [-0.3, -0.25) is 29.6 Å². The van der Waals surface area contributed by atoms with Crippen molar-refractivity contribution < 1.29 is 29.1 Å². The Morgan fingerprint density at radius 2 is 1.95 bits per heavy atom. The van der Waals surface area contributed by atoms with E-state index in [1.165, 1.54) is 49.6 Å². The summed E-state index contributed by atoms with van der Waals surface area (Å²) < 4.78 is 11.1. The van der Waals surface area contributed by atoms with Gasteiger partial charge in [-0.25, -0.2) is 4.98 Å². The first-order chi connectivity index (χ1) is 17.8. The van der Waals surface area contributed by atoms with Crippen molar-refractivity contribution in [3.8, 4) is 11.5 Å². The molecule has 3 heterocycles. The Labute approximate surface area is 213 Å². The molecule has 0 aliphatic carbocycles. The van der Waals surface area contributed by atoms with E-state index in [-0.39, 0.29) is 27.7 Å². The maximum absolute atomic E-state index is 13.4. The molecule has 4 aromatic rings. The number of anilines is 1. The van der Waals surface area contributed by atoms with Crippen molar-refractivity contribution in [2.75, 3.05) is 19.1 Å². The number of carbonyl (C=O) groups is 2. The van der Waals surface area contributed by atoms with Gasteiger partial charge in [0, 0.05) is 30.6 Å². The summed E-state index contributed by atoms with van der Waals surface area (Å²) in [5.41, 5.74) is 0.775. The highest BCUT2D eigenvalue weighted by molar-refractivity contribution is 7.22. The van der Waals surface area contributed by atoms with Gasteiger partial charge in [0.2, 0.25) is 0 Å². The number of fused-ring (bicyclic) bond motifs is 1. The number of thiazole rings is 1. The van der Waals surface area contributed by atoms with Gasteiger partial charge < -0.3 is 14.6 Å². The Balaban J connectivity index is 1.72. The smallest absolute Gasteiger partial charge is 0.301 e. The zero-order valence-corrected chi connectivity index (χ0v) is 20.3. The minimum Gasteiger partial charge on any atom is -0.507 e. The van der Waals surface area contributed by atoms with Crippen LogP contribution < -0.4 is 14.4 Å². The van der Waals surface area contributed by atoms with Crippen LogP contribution in [0.4, 0.5) is 10.8 Å². The number of carbonyl (C=O) groups excluding carboxylic acids is 2. The van der Waals surface area contributed by atoms with E-state index in [1.807, 2.05) is 0 Å². The molecule has 0 saturated carbocycles. The molecule has 0 radical (unpaired) electrons. The molecule has 12 heteroatoms. The number of ether oxygens (including phenoxy) is 2. The van der Waals surface area contributed by atoms with Crippen LogP contribution in [0.5, 0.6) is 11.5 Å². The van der Waals surface area contributed by atoms with Crippen LogP contribution in [0.2, 0.25) is 0 Å². The van der Waals surface area contributed by atoms with E-state index in [0.29, 0.717) is 21.5 Å². The van der Waals surface area contributed by atoms with E-state index < -0.39 is 28.4 Å². The summed E-state index contributed by atoms with van der Waals surface area (Å²) in [5, 5.41) is 22.7. The number of aliphatic hydroxyl groups is 1. The van der Waals surface area contributed by atoms with Gasteiger partial charge in [0.15, 0.2) is 5.13 Å². The van der Waals surface area contributed by atoms with Crippen LogP contribution in [-0.2, 0) is 9.59 Å². The summed E-state index contributed by atoms with van der Waals surface area (Å²) in [7, 11) is 2.89. The lowest BCUT2D eigenvalue weighted by atomic mass is 9.96. The first kappa shape index (κ1) is 23.9. The van der Waals surface area contributed by atoms with Crippen molar-refractivity contribution >= 4 is 49.8 Å². The molecule has 1 saturated heterocycles. The SMILES string of the molecule is COc1ccc(/C(O)=C2\C(=O)C(=O)N(c3nc4ccc([N+](=O)[O-])cc4s3)C2c2cccnc2)c(OC)c1. The third-order valence-corrected chi connectivity index (χ3v) is 6.90. The normalized spacial score (nSPS) is 16.8. The number of rotatable bonds is 6. The molecule has 11 nitrogen and oxygen atoms in total. The standard InChI is InChI=1S/C25H18N4O7S/c1-35-15-6-7-16(18(11-15)36-2)22(30)20-21(13-4-3-9-26-12-13)28(24(32)23(20)31)25-27-17-8-5-14(29(33)34)10-19(17)37-25/h3-12,21,30H,1-2H3/b22-20+. The number of nitrogens with zero attached hydrogens (tertiary/aromatic N) is 4. The lowest BCUT2D eigenvalue weighted by molar-refractivity contribution is -0.384. The fourth-order valence-corrected chi connectivity index (χ4v) is 5.17. The monoisotopic (exact) mass is 518 g/mol. The van der Waals surface area contributed by atoms with E-state index in [2.05, 4.69) is 9.97 Å². The van der Waals surface area contributed by atoms with Crippen molar-refractivity contribution in [3.63, 3.8) is 0 Å². The average molecular weight is 519 g/mol. The van der Waals surface area contributed by atoms with Crippen LogP contribution in [-0.4, -0.2) is 45.9 Å². The molecular formula is C25H18N4O7S. The van der Waals surface area contributed by atoms with Gasteiger partial charge >= 0.3 is 5.91 Å². The number of pyridine rings is 1. The minimum absolute atomic E-state index is 0.125. The van der Waals surface area contributed by atoms with E-state index in [9.17, 15) is 24.8 Å². The number of benzene rings is 2. The Morgan fingerprint density at radius 1 is 1.14 bits per heavy atom. The molecule has 1 atom stereocenters. The first-order valence-electron chi connectivity index (χ1n) is 10.8. The molecule has 1 aliphatic heterocycles. The minimum atomic E-state index is -1.06. The van der Waals surface area contributed by atoms with E-state index in [1.54, 1.807) is 30.5 Å². The Morgan fingerprint density at radius 3 is 2.62 bits per heavy atom. The Kier molecular flexibility index (Phi) is 6.01. The molecule has 37 heavy (non-hydrogen) atoms. The molecule has 1 aliphatic rings. The van der Waals surface area contributed by atoms with Crippen molar-refractivity contribution in [3.05, 3.63) is 87.7 Å². The Bertz CT molecular complexity index is 1600. The average Bonchev–Trinajstić information content (AvgIpc) is 3.45. The van der Waals surface area contributed by atoms with Crippen molar-refractivity contribution in [2.24, 2.45) is 0 Å². The predicted molar refractivity (Wildman–Crippen MR) is 135 cm³/mol. The first-order valence-corrected chi connectivity index (χ1v) is 11.6. The van der Waals surface area contributed by atoms with Crippen LogP contribution in [0.15, 0.2) is 66.5 Å². The summed E-state index contributed by atoms with van der Waals surface area (Å²) in [6.45, 7) is 0. The molecule has 186 valence electrons. The maximum Gasteiger partial charge on any atom is 0.301 e. The van der Waals surface area contributed by atoms with Crippen molar-refractivity contribution in [1.29, 1.82) is 0 Å². The van der Waals surface area contributed by atoms with E-state index in [4.69, 9.17) is 9.47 Å². The maximum atomic E-state index is 13.4. The second kappa shape index (κ2) is 9.32. The molecule has 0 bridgehead atoms. The number of non-ortho nitro benzene ring substituents is 1. The van der Waals surface area contributed by atoms with E-state index >= 15 is 0 Å². The lowest BCUT2D eigenvalue weighted by Crippen LogP contribution is -2.29. The molecular weight excluding hydrogens is 500 g/mol. The number of nitro groups is 1. The molecule has 1 unspecified atom stereocenters. The van der Waals surface area contributed by atoms with Crippen LogP contribution in [0, 0.1) is 10.1 Å². The van der Waals surface area contributed by atoms with Gasteiger partial charge in [-0.15, -0.1) is 0 Å². The quantitative estimate of drug-likeness (QED) is 0.130. The highest BCUT2D eigenvalue weighted by atomic mass is 32.1. The topological polar surface area (TPSA) is 145 Å². The van der Waals surface area contributed by atoms with E-state index in [0.717, 1.165) is 11.3 Å². The zero-order valence-electron chi connectivity index (χ0n) is 19.4. The number of ketones is 1. The Hall–Kier alpha value is -4.84. The summed E-state index contributed by atoms with van der Waals surface area (Å²) in [6.07, 6.45) is 3.03. The van der Waals surface area contributed by atoms with Crippen LogP contribution in [0.3, 0.4) is 0 Å². The van der Waals surface area contributed by atoms with Crippen LogP contribution in [0.1, 0.15) is 17.2 Å². The van der Waals surface area contributed by atoms with Gasteiger partial charge in [0.05, 0.1) is 46.5 Å². The van der Waals surface area contributed by atoms with Gasteiger partial charge in [-0.1, -0.05) is 17.4 Å². The summed E-state index contributed by atoms with van der Waals surface area (Å²) in [4.78, 5) is 47.2. The van der Waals surface area contributed by atoms with Gasteiger partial charge in [0.25, 0.3) is 11.5 Å². The molecule has 2 aromatic carbocycles. The van der Waals surface area contributed by atoms with Crippen LogP contribution in [0.25, 0.3) is 16.0 Å². The second-order valence-electron chi connectivity index (χ2n) is 7.93. The molecule has 1 N–H and O–H groups in total. The number of methoxy groups -OCH3 is 2. The number of hydrogen-bond donors (Lipinski definition) is 1. The predicted octanol–water partition coefficient (Wildman–Crippen LogP) is 4.24. The third-order valence-electron chi connectivity index (χ3n) is 5.89. The summed E-state index contributed by atoms with van der Waals surface area (Å²) >= 11 is 1.02. The molecule has 5 rings (SSSR count). The summed E-state index contributed by atoms with van der Waals surface area (Å²) in [6, 6.07) is 11.1. The molecule has 1 amide bonds.